The lowest BCUT2D eigenvalue weighted by Crippen LogP contribution is -2.28. The van der Waals surface area contributed by atoms with Gasteiger partial charge in [0, 0.05) is 12.1 Å². The van der Waals surface area contributed by atoms with E-state index >= 15 is 0 Å². The molecule has 0 aliphatic heterocycles. The van der Waals surface area contributed by atoms with E-state index in [1.54, 1.807) is 0 Å². The van der Waals surface area contributed by atoms with Gasteiger partial charge in [-0.15, -0.1) is 0 Å². The van der Waals surface area contributed by atoms with Gasteiger partial charge >= 0.3 is 0 Å². The molecule has 1 atom stereocenters. The first-order valence-electron chi connectivity index (χ1n) is 5.84. The minimum Gasteiger partial charge on any atom is -0.316 e. The van der Waals surface area contributed by atoms with E-state index in [4.69, 9.17) is 0 Å². The van der Waals surface area contributed by atoms with E-state index in [0.29, 0.717) is 12.0 Å². The SMILES string of the molecule is C=C(CC)CC(Cc1ccc(F)cc1F)NC. The number of hydrogen-bond donors (Lipinski definition) is 1. The Morgan fingerprint density at radius 2 is 2.12 bits per heavy atom. The lowest BCUT2D eigenvalue weighted by molar-refractivity contribution is 0.520. The quantitative estimate of drug-likeness (QED) is 0.750. The van der Waals surface area contributed by atoms with E-state index in [0.717, 1.165) is 24.5 Å². The number of rotatable bonds is 6. The number of likely N-dealkylation sites (N-methyl/N-ethyl adjacent to an activating group) is 1. The number of hydrogen-bond acceptors (Lipinski definition) is 1. The molecule has 1 aromatic rings. The first-order chi connectivity index (χ1) is 8.06. The van der Waals surface area contributed by atoms with E-state index < -0.39 is 11.6 Å². The Hall–Kier alpha value is -1.22. The van der Waals surface area contributed by atoms with E-state index in [9.17, 15) is 8.78 Å². The van der Waals surface area contributed by atoms with Crippen LogP contribution < -0.4 is 5.32 Å². The largest absolute Gasteiger partial charge is 0.316 e. The molecule has 0 heterocycles. The van der Waals surface area contributed by atoms with Crippen LogP contribution >= 0.6 is 0 Å². The van der Waals surface area contributed by atoms with Crippen LogP contribution in [0.2, 0.25) is 0 Å². The molecule has 1 aromatic carbocycles. The topological polar surface area (TPSA) is 12.0 Å². The highest BCUT2D eigenvalue weighted by atomic mass is 19.1. The first kappa shape index (κ1) is 13.8. The predicted molar refractivity (Wildman–Crippen MR) is 67.0 cm³/mol. The minimum absolute atomic E-state index is 0.141. The highest BCUT2D eigenvalue weighted by molar-refractivity contribution is 5.20. The fourth-order valence-electron chi connectivity index (χ4n) is 1.72. The van der Waals surface area contributed by atoms with E-state index in [-0.39, 0.29) is 6.04 Å². The third kappa shape index (κ3) is 4.27. The lowest BCUT2D eigenvalue weighted by Gasteiger charge is -2.17. The minimum atomic E-state index is -0.537. The third-order valence-electron chi connectivity index (χ3n) is 2.92. The van der Waals surface area contributed by atoms with Gasteiger partial charge < -0.3 is 5.32 Å². The Kier molecular flexibility index (Phi) is 5.29. The molecule has 1 N–H and O–H groups in total. The summed E-state index contributed by atoms with van der Waals surface area (Å²) in [7, 11) is 1.84. The summed E-state index contributed by atoms with van der Waals surface area (Å²) in [6.45, 7) is 5.99. The van der Waals surface area contributed by atoms with Crippen molar-refractivity contribution < 1.29 is 8.78 Å². The van der Waals surface area contributed by atoms with Crippen LogP contribution in [0.15, 0.2) is 30.4 Å². The van der Waals surface area contributed by atoms with Crippen molar-refractivity contribution in [3.05, 3.63) is 47.5 Å². The Labute approximate surface area is 102 Å². The molecule has 0 spiro atoms. The molecule has 1 rings (SSSR count). The molecule has 0 fully saturated rings. The first-order valence-corrected chi connectivity index (χ1v) is 5.84. The molecule has 1 unspecified atom stereocenters. The van der Waals surface area contributed by atoms with Gasteiger partial charge in [0.15, 0.2) is 0 Å². The monoisotopic (exact) mass is 239 g/mol. The third-order valence-corrected chi connectivity index (χ3v) is 2.92. The van der Waals surface area contributed by atoms with Crippen LogP contribution in [0.25, 0.3) is 0 Å². The zero-order valence-electron chi connectivity index (χ0n) is 10.4. The Morgan fingerprint density at radius 1 is 1.41 bits per heavy atom. The molecule has 1 nitrogen and oxygen atoms in total. The maximum absolute atomic E-state index is 13.5. The molecule has 0 bridgehead atoms. The van der Waals surface area contributed by atoms with Gasteiger partial charge in [-0.1, -0.05) is 25.1 Å². The van der Waals surface area contributed by atoms with Crippen molar-refractivity contribution >= 4 is 0 Å². The van der Waals surface area contributed by atoms with E-state index in [2.05, 4.69) is 11.9 Å². The summed E-state index contributed by atoms with van der Waals surface area (Å²) in [5.74, 6) is -1.02. The summed E-state index contributed by atoms with van der Waals surface area (Å²) in [6, 6.07) is 3.86. The molecule has 94 valence electrons. The number of halogens is 2. The molecule has 0 aromatic heterocycles. The van der Waals surface area contributed by atoms with Crippen LogP contribution in [0.4, 0.5) is 8.78 Å². The fourth-order valence-corrected chi connectivity index (χ4v) is 1.72. The summed E-state index contributed by atoms with van der Waals surface area (Å²) < 4.78 is 26.2. The molecule has 0 amide bonds. The Morgan fingerprint density at radius 3 is 2.65 bits per heavy atom. The lowest BCUT2D eigenvalue weighted by atomic mass is 9.98. The van der Waals surface area contributed by atoms with Gasteiger partial charge in [-0.25, -0.2) is 8.78 Å². The molecule has 0 aliphatic carbocycles. The molecule has 0 aliphatic rings. The summed E-state index contributed by atoms with van der Waals surface area (Å²) in [4.78, 5) is 0. The van der Waals surface area contributed by atoms with Crippen molar-refractivity contribution in [1.82, 2.24) is 5.32 Å². The van der Waals surface area contributed by atoms with Crippen LogP contribution in [0.5, 0.6) is 0 Å². The zero-order valence-corrected chi connectivity index (χ0v) is 10.4. The maximum Gasteiger partial charge on any atom is 0.129 e. The van der Waals surface area contributed by atoms with Gasteiger partial charge in [0.1, 0.15) is 11.6 Å². The van der Waals surface area contributed by atoms with Crippen LogP contribution in [0.3, 0.4) is 0 Å². The van der Waals surface area contributed by atoms with Crippen LogP contribution in [-0.2, 0) is 6.42 Å². The second-order valence-corrected chi connectivity index (χ2v) is 4.23. The van der Waals surface area contributed by atoms with Gasteiger partial charge in [-0.05, 0) is 37.9 Å². The normalized spacial score (nSPS) is 12.5. The van der Waals surface area contributed by atoms with Gasteiger partial charge in [-0.2, -0.15) is 0 Å². The van der Waals surface area contributed by atoms with Gasteiger partial charge in [-0.3, -0.25) is 0 Å². The Balaban J connectivity index is 2.70. The molecule has 17 heavy (non-hydrogen) atoms. The molecule has 3 heteroatoms. The number of benzene rings is 1. The van der Waals surface area contributed by atoms with E-state index in [1.807, 2.05) is 14.0 Å². The van der Waals surface area contributed by atoms with Crippen molar-refractivity contribution in [3.63, 3.8) is 0 Å². The second-order valence-electron chi connectivity index (χ2n) is 4.23. The summed E-state index contributed by atoms with van der Waals surface area (Å²) in [6.07, 6.45) is 2.27. The predicted octanol–water partition coefficient (Wildman–Crippen LogP) is 3.45. The van der Waals surface area contributed by atoms with E-state index in [1.165, 1.54) is 12.1 Å². The van der Waals surface area contributed by atoms with Crippen molar-refractivity contribution in [3.8, 4) is 0 Å². The van der Waals surface area contributed by atoms with Gasteiger partial charge in [0.2, 0.25) is 0 Å². The van der Waals surface area contributed by atoms with Crippen molar-refractivity contribution in [2.45, 2.75) is 32.2 Å². The standard InChI is InChI=1S/C14H19F2N/c1-4-10(2)7-13(17-3)8-11-5-6-12(15)9-14(11)16/h5-6,9,13,17H,2,4,7-8H2,1,3H3. The molecule has 0 saturated carbocycles. The van der Waals surface area contributed by atoms with Gasteiger partial charge in [0.05, 0.1) is 0 Å². The summed E-state index contributed by atoms with van der Waals surface area (Å²) >= 11 is 0. The Bertz CT molecular complexity index is 388. The summed E-state index contributed by atoms with van der Waals surface area (Å²) in [5, 5.41) is 3.14. The molecular weight excluding hydrogens is 220 g/mol. The zero-order chi connectivity index (χ0) is 12.8. The summed E-state index contributed by atoms with van der Waals surface area (Å²) in [5.41, 5.74) is 1.67. The number of nitrogens with one attached hydrogen (secondary N) is 1. The highest BCUT2D eigenvalue weighted by Gasteiger charge is 2.12. The van der Waals surface area contributed by atoms with Crippen molar-refractivity contribution in [2.75, 3.05) is 7.05 Å². The average Bonchev–Trinajstić information content (AvgIpc) is 2.31. The smallest absolute Gasteiger partial charge is 0.129 e. The maximum atomic E-state index is 13.5. The molecule has 0 saturated heterocycles. The molecule has 0 radical (unpaired) electrons. The van der Waals surface area contributed by atoms with Crippen LogP contribution in [0, 0.1) is 11.6 Å². The fraction of sp³-hybridized carbons (Fsp3) is 0.429. The van der Waals surface area contributed by atoms with Crippen LogP contribution in [0.1, 0.15) is 25.3 Å². The second kappa shape index (κ2) is 6.50. The van der Waals surface area contributed by atoms with Crippen LogP contribution in [-0.4, -0.2) is 13.1 Å². The van der Waals surface area contributed by atoms with Crippen molar-refractivity contribution in [2.24, 2.45) is 0 Å². The van der Waals surface area contributed by atoms with Gasteiger partial charge in [0.25, 0.3) is 0 Å². The average molecular weight is 239 g/mol. The highest BCUT2D eigenvalue weighted by Crippen LogP contribution is 2.15. The van der Waals surface area contributed by atoms with Crippen molar-refractivity contribution in [1.29, 1.82) is 0 Å². The molecular formula is C14H19F2N.